The topological polar surface area (TPSA) is 89.1 Å². The Morgan fingerprint density at radius 2 is 1.86 bits per heavy atom. The van der Waals surface area contributed by atoms with Crippen molar-refractivity contribution < 1.29 is 28.2 Å². The summed E-state index contributed by atoms with van der Waals surface area (Å²) in [6.07, 6.45) is -1.03. The maximum Gasteiger partial charge on any atom is 0.414 e. The van der Waals surface area contributed by atoms with Crippen LogP contribution in [0.1, 0.15) is 5.56 Å². The van der Waals surface area contributed by atoms with Crippen LogP contribution in [0.3, 0.4) is 0 Å². The van der Waals surface area contributed by atoms with Gasteiger partial charge in [-0.2, -0.15) is 0 Å². The highest BCUT2D eigenvalue weighted by Gasteiger charge is 2.32. The molecule has 0 bridgehead atoms. The van der Waals surface area contributed by atoms with Crippen molar-refractivity contribution in [2.45, 2.75) is 12.6 Å². The van der Waals surface area contributed by atoms with E-state index < -0.39 is 18.2 Å². The van der Waals surface area contributed by atoms with Crippen LogP contribution >= 0.6 is 0 Å². The summed E-state index contributed by atoms with van der Waals surface area (Å²) < 4.78 is 28.7. The van der Waals surface area contributed by atoms with Gasteiger partial charge in [0.1, 0.15) is 11.9 Å². The third-order valence-corrected chi connectivity index (χ3v) is 4.40. The molecule has 9 heteroatoms. The zero-order valence-electron chi connectivity index (χ0n) is 16.1. The van der Waals surface area contributed by atoms with Crippen molar-refractivity contribution in [2.24, 2.45) is 0 Å². The van der Waals surface area contributed by atoms with E-state index in [4.69, 9.17) is 14.2 Å². The van der Waals surface area contributed by atoms with Gasteiger partial charge in [0, 0.05) is 12.2 Å². The van der Waals surface area contributed by atoms with Crippen molar-refractivity contribution in [3.05, 3.63) is 53.8 Å². The van der Waals surface area contributed by atoms with Gasteiger partial charge in [-0.05, 0) is 42.0 Å². The van der Waals surface area contributed by atoms with Gasteiger partial charge in [-0.3, -0.25) is 4.90 Å². The maximum absolute atomic E-state index is 13.0. The van der Waals surface area contributed by atoms with Crippen LogP contribution in [0, 0.1) is 5.82 Å². The summed E-state index contributed by atoms with van der Waals surface area (Å²) in [5.41, 5.74) is 1.38. The van der Waals surface area contributed by atoms with Crippen LogP contribution in [0.15, 0.2) is 42.5 Å². The first-order valence-electron chi connectivity index (χ1n) is 8.96. The van der Waals surface area contributed by atoms with E-state index in [0.717, 1.165) is 5.56 Å². The zero-order valence-corrected chi connectivity index (χ0v) is 16.1. The number of hydrogen-bond acceptors (Lipinski definition) is 5. The lowest BCUT2D eigenvalue weighted by Crippen LogP contribution is -2.40. The first kappa shape index (κ1) is 20.2. The van der Waals surface area contributed by atoms with E-state index in [9.17, 15) is 14.0 Å². The number of hydrogen-bond donors (Lipinski definition) is 2. The molecule has 0 saturated carbocycles. The molecule has 1 heterocycles. The second-order valence-electron chi connectivity index (χ2n) is 6.35. The fourth-order valence-corrected chi connectivity index (χ4v) is 2.90. The fraction of sp³-hybridized carbons (Fsp3) is 0.300. The van der Waals surface area contributed by atoms with Crippen molar-refractivity contribution in [3.63, 3.8) is 0 Å². The lowest BCUT2D eigenvalue weighted by molar-refractivity contribution is 0.140. The van der Waals surface area contributed by atoms with Gasteiger partial charge in [0.2, 0.25) is 0 Å². The standard InChI is InChI=1S/C20H22FN3O5/c1-27-17-8-3-13(9-18(17)28-2)10-22-19(25)23-11-16-12-24(20(26)29-16)15-6-4-14(21)5-7-15/h3-9,16H,10-12H2,1-2H3,(H2,22,23,25). The number of methoxy groups -OCH3 is 2. The van der Waals surface area contributed by atoms with E-state index in [2.05, 4.69) is 10.6 Å². The SMILES string of the molecule is COc1ccc(CNC(=O)NCC2CN(c3ccc(F)cc3)C(=O)O2)cc1OC. The number of carbonyl (C=O) groups excluding carboxylic acids is 2. The van der Waals surface area contributed by atoms with Crippen LogP contribution in [-0.4, -0.2) is 45.5 Å². The summed E-state index contributed by atoms with van der Waals surface area (Å²) in [6, 6.07) is 10.5. The number of nitrogens with one attached hydrogen (secondary N) is 2. The zero-order chi connectivity index (χ0) is 20.8. The smallest absolute Gasteiger partial charge is 0.414 e. The molecule has 1 unspecified atom stereocenters. The monoisotopic (exact) mass is 403 g/mol. The van der Waals surface area contributed by atoms with E-state index in [0.29, 0.717) is 23.7 Å². The highest BCUT2D eigenvalue weighted by molar-refractivity contribution is 5.89. The summed E-state index contributed by atoms with van der Waals surface area (Å²) in [7, 11) is 3.09. The van der Waals surface area contributed by atoms with Crippen molar-refractivity contribution in [1.82, 2.24) is 10.6 Å². The number of anilines is 1. The molecule has 154 valence electrons. The number of rotatable bonds is 7. The highest BCUT2D eigenvalue weighted by Crippen LogP contribution is 2.27. The molecule has 1 saturated heterocycles. The molecule has 2 N–H and O–H groups in total. The van der Waals surface area contributed by atoms with E-state index >= 15 is 0 Å². The number of halogens is 1. The minimum atomic E-state index is -0.533. The minimum Gasteiger partial charge on any atom is -0.493 e. The third kappa shape index (κ3) is 5.07. The Kier molecular flexibility index (Phi) is 6.38. The van der Waals surface area contributed by atoms with Gasteiger partial charge in [-0.25, -0.2) is 14.0 Å². The first-order valence-corrected chi connectivity index (χ1v) is 8.96. The third-order valence-electron chi connectivity index (χ3n) is 4.40. The van der Waals surface area contributed by atoms with E-state index in [1.165, 1.54) is 29.2 Å². The van der Waals surface area contributed by atoms with Crippen molar-refractivity contribution in [1.29, 1.82) is 0 Å². The minimum absolute atomic E-state index is 0.154. The molecule has 1 aliphatic rings. The molecule has 1 fully saturated rings. The number of benzene rings is 2. The molecule has 0 aromatic heterocycles. The highest BCUT2D eigenvalue weighted by atomic mass is 19.1. The number of nitrogens with zero attached hydrogens (tertiary/aromatic N) is 1. The van der Waals surface area contributed by atoms with Crippen LogP contribution in [0.5, 0.6) is 11.5 Å². The van der Waals surface area contributed by atoms with Crippen molar-refractivity contribution in [2.75, 3.05) is 32.2 Å². The normalized spacial score (nSPS) is 15.6. The Morgan fingerprint density at radius 1 is 1.14 bits per heavy atom. The van der Waals surface area contributed by atoms with Crippen LogP contribution in [-0.2, 0) is 11.3 Å². The molecule has 1 atom stereocenters. The number of amides is 3. The molecule has 8 nitrogen and oxygen atoms in total. The van der Waals surface area contributed by atoms with Crippen molar-refractivity contribution >= 4 is 17.8 Å². The van der Waals surface area contributed by atoms with E-state index in [-0.39, 0.29) is 18.9 Å². The van der Waals surface area contributed by atoms with Crippen LogP contribution in [0.25, 0.3) is 0 Å². The van der Waals surface area contributed by atoms with E-state index in [1.54, 1.807) is 26.4 Å². The van der Waals surface area contributed by atoms with E-state index in [1.807, 2.05) is 6.07 Å². The number of ether oxygens (including phenoxy) is 3. The Bertz CT molecular complexity index is 875. The summed E-state index contributed by atoms with van der Waals surface area (Å²) in [5, 5.41) is 5.41. The van der Waals surface area contributed by atoms with Crippen molar-refractivity contribution in [3.8, 4) is 11.5 Å². The lowest BCUT2D eigenvalue weighted by Gasteiger charge is -2.13. The van der Waals surface area contributed by atoms with Gasteiger partial charge >= 0.3 is 12.1 Å². The van der Waals surface area contributed by atoms with Gasteiger partial charge in [0.25, 0.3) is 0 Å². The molecule has 0 spiro atoms. The van der Waals surface area contributed by atoms with Gasteiger partial charge < -0.3 is 24.8 Å². The molecule has 0 aliphatic carbocycles. The molecule has 1 aliphatic heterocycles. The largest absolute Gasteiger partial charge is 0.493 e. The van der Waals surface area contributed by atoms with Gasteiger partial charge in [0.15, 0.2) is 11.5 Å². The number of cyclic esters (lactones) is 1. The first-order chi connectivity index (χ1) is 14.0. The summed E-state index contributed by atoms with van der Waals surface area (Å²) in [4.78, 5) is 25.4. The van der Waals surface area contributed by atoms with Gasteiger partial charge in [-0.1, -0.05) is 6.07 Å². The van der Waals surface area contributed by atoms with Crippen LogP contribution in [0.4, 0.5) is 19.7 Å². The van der Waals surface area contributed by atoms with Gasteiger partial charge in [-0.15, -0.1) is 0 Å². The second kappa shape index (κ2) is 9.13. The Balaban J connectivity index is 1.46. The average molecular weight is 403 g/mol. The predicted molar refractivity (Wildman–Crippen MR) is 104 cm³/mol. The molecule has 0 radical (unpaired) electrons. The molecule has 2 aromatic rings. The fourth-order valence-electron chi connectivity index (χ4n) is 2.90. The lowest BCUT2D eigenvalue weighted by atomic mass is 10.2. The van der Waals surface area contributed by atoms with Crippen LogP contribution < -0.4 is 25.0 Å². The summed E-state index contributed by atoms with van der Waals surface area (Å²) in [5.74, 6) is 0.797. The molecule has 29 heavy (non-hydrogen) atoms. The maximum atomic E-state index is 13.0. The van der Waals surface area contributed by atoms with Gasteiger partial charge in [0.05, 0.1) is 27.3 Å². The Hall–Kier alpha value is -3.49. The Labute approximate surface area is 167 Å². The molecular weight excluding hydrogens is 381 g/mol. The Morgan fingerprint density at radius 3 is 2.55 bits per heavy atom. The quantitative estimate of drug-likeness (QED) is 0.742. The number of urea groups is 1. The molecule has 3 amide bonds. The van der Waals surface area contributed by atoms with Crippen LogP contribution in [0.2, 0.25) is 0 Å². The summed E-state index contributed by atoms with van der Waals surface area (Å²) in [6.45, 7) is 0.708. The molecule has 3 rings (SSSR count). The summed E-state index contributed by atoms with van der Waals surface area (Å²) >= 11 is 0. The predicted octanol–water partition coefficient (Wildman–Crippen LogP) is 2.67. The molecular formula is C20H22FN3O5. The average Bonchev–Trinajstić information content (AvgIpc) is 3.11. The number of carbonyl (C=O) groups is 2. The second-order valence-corrected chi connectivity index (χ2v) is 6.35. The molecule has 2 aromatic carbocycles.